The second kappa shape index (κ2) is 8.09. The number of methoxy groups -OCH3 is 1. The first-order chi connectivity index (χ1) is 15.6. The molecule has 3 heterocycles. The van der Waals surface area contributed by atoms with Crippen LogP contribution in [0.3, 0.4) is 0 Å². The van der Waals surface area contributed by atoms with Crippen molar-refractivity contribution in [3.8, 4) is 16.8 Å². The molecule has 1 aliphatic heterocycles. The summed E-state index contributed by atoms with van der Waals surface area (Å²) < 4.78 is 8.33. The minimum absolute atomic E-state index is 0.0676. The molecular formula is C25H24N4O3. The van der Waals surface area contributed by atoms with Crippen LogP contribution in [-0.4, -0.2) is 40.3 Å². The summed E-state index contributed by atoms with van der Waals surface area (Å²) in [6.45, 7) is 3.66. The quantitative estimate of drug-likeness (QED) is 0.504. The van der Waals surface area contributed by atoms with E-state index in [1.165, 1.54) is 7.11 Å². The van der Waals surface area contributed by atoms with Gasteiger partial charge in [-0.25, -0.2) is 14.6 Å². The molecule has 162 valence electrons. The summed E-state index contributed by atoms with van der Waals surface area (Å²) in [5, 5.41) is 3.34. The van der Waals surface area contributed by atoms with Gasteiger partial charge in [-0.1, -0.05) is 24.3 Å². The second-order valence-corrected chi connectivity index (χ2v) is 8.11. The number of carbonyl (C=O) groups excluding carboxylic acids is 1. The Hall–Kier alpha value is -3.71. The molecule has 7 heteroatoms. The highest BCUT2D eigenvalue weighted by atomic mass is 16.5. The van der Waals surface area contributed by atoms with Crippen LogP contribution in [0.4, 0.5) is 0 Å². The van der Waals surface area contributed by atoms with Crippen molar-refractivity contribution < 1.29 is 9.53 Å². The highest BCUT2D eigenvalue weighted by molar-refractivity contribution is 5.90. The largest absolute Gasteiger partial charge is 0.465 e. The number of esters is 1. The van der Waals surface area contributed by atoms with E-state index >= 15 is 0 Å². The van der Waals surface area contributed by atoms with Gasteiger partial charge in [0.1, 0.15) is 0 Å². The van der Waals surface area contributed by atoms with Crippen molar-refractivity contribution in [2.75, 3.05) is 20.2 Å². The number of rotatable bonds is 4. The van der Waals surface area contributed by atoms with Gasteiger partial charge < -0.3 is 10.1 Å². The average molecular weight is 428 g/mol. The molecule has 1 aliphatic rings. The number of aryl methyl sites for hydroxylation is 1. The molecule has 0 amide bonds. The molecule has 2 aromatic heterocycles. The molecule has 0 bridgehead atoms. The highest BCUT2D eigenvalue weighted by Crippen LogP contribution is 2.25. The van der Waals surface area contributed by atoms with Crippen LogP contribution in [0.1, 0.15) is 28.4 Å². The van der Waals surface area contributed by atoms with Gasteiger partial charge in [0.05, 0.1) is 29.9 Å². The van der Waals surface area contributed by atoms with Crippen LogP contribution < -0.4 is 11.0 Å². The number of fused-ring (bicyclic) bond motifs is 1. The zero-order valence-corrected chi connectivity index (χ0v) is 18.0. The SMILES string of the molecule is COC(=O)c1ccc(-c2ccc(-n3c(=O)n([C@H]4CCNC4)c4ncc(C)cc43)cc2)cc1. The van der Waals surface area contributed by atoms with Crippen LogP contribution >= 0.6 is 0 Å². The molecule has 1 fully saturated rings. The Balaban J connectivity index is 1.56. The van der Waals surface area contributed by atoms with E-state index in [0.29, 0.717) is 5.56 Å². The first-order valence-corrected chi connectivity index (χ1v) is 10.7. The molecule has 0 radical (unpaired) electrons. The smallest absolute Gasteiger partial charge is 0.337 e. The Morgan fingerprint density at radius 3 is 2.41 bits per heavy atom. The Morgan fingerprint density at radius 2 is 1.78 bits per heavy atom. The third kappa shape index (κ3) is 3.40. The third-order valence-electron chi connectivity index (χ3n) is 6.01. The number of nitrogens with zero attached hydrogens (tertiary/aromatic N) is 3. The molecule has 1 N–H and O–H groups in total. The second-order valence-electron chi connectivity index (χ2n) is 8.11. The van der Waals surface area contributed by atoms with Gasteiger partial charge in [-0.05, 0) is 66.9 Å². The number of aromatic nitrogens is 3. The molecule has 0 spiro atoms. The molecule has 7 nitrogen and oxygen atoms in total. The maximum atomic E-state index is 13.5. The topological polar surface area (TPSA) is 78.1 Å². The molecule has 1 atom stereocenters. The first-order valence-electron chi connectivity index (χ1n) is 10.7. The van der Waals surface area contributed by atoms with Gasteiger partial charge in [0.2, 0.25) is 0 Å². The number of pyridine rings is 1. The Morgan fingerprint density at radius 1 is 1.09 bits per heavy atom. The molecule has 32 heavy (non-hydrogen) atoms. The number of nitrogens with one attached hydrogen (secondary N) is 1. The van der Waals surface area contributed by atoms with Gasteiger partial charge >= 0.3 is 11.7 Å². The summed E-state index contributed by atoms with van der Waals surface area (Å²) in [7, 11) is 1.37. The fourth-order valence-electron chi connectivity index (χ4n) is 4.36. The van der Waals surface area contributed by atoms with E-state index in [1.807, 2.05) is 60.2 Å². The fourth-order valence-corrected chi connectivity index (χ4v) is 4.36. The van der Waals surface area contributed by atoms with E-state index in [2.05, 4.69) is 10.3 Å². The van der Waals surface area contributed by atoms with Gasteiger partial charge in [0, 0.05) is 12.7 Å². The van der Waals surface area contributed by atoms with Crippen molar-refractivity contribution >= 4 is 17.1 Å². The van der Waals surface area contributed by atoms with Crippen LogP contribution in [0, 0.1) is 6.92 Å². The summed E-state index contributed by atoms with van der Waals surface area (Å²) in [6, 6.07) is 17.3. The number of ether oxygens (including phenoxy) is 1. The van der Waals surface area contributed by atoms with Crippen molar-refractivity contribution in [2.24, 2.45) is 0 Å². The standard InChI is InChI=1S/C25H24N4O3/c1-16-13-22-23(27-14-16)29(21-11-12-26-15-21)25(31)28(22)20-9-7-18(8-10-20)17-3-5-19(6-4-17)24(30)32-2/h3-10,13-14,21,26H,11-12,15H2,1-2H3/t21-/m0/s1. The lowest BCUT2D eigenvalue weighted by molar-refractivity contribution is 0.0601. The van der Waals surface area contributed by atoms with Crippen LogP contribution in [0.5, 0.6) is 0 Å². The minimum Gasteiger partial charge on any atom is -0.465 e. The highest BCUT2D eigenvalue weighted by Gasteiger charge is 2.24. The summed E-state index contributed by atoms with van der Waals surface area (Å²) in [5.41, 5.74) is 5.76. The predicted molar refractivity (Wildman–Crippen MR) is 123 cm³/mol. The average Bonchev–Trinajstić information content (AvgIpc) is 3.44. The Labute approximate surface area is 185 Å². The van der Waals surface area contributed by atoms with E-state index in [-0.39, 0.29) is 17.7 Å². The van der Waals surface area contributed by atoms with Crippen molar-refractivity contribution in [1.29, 1.82) is 0 Å². The van der Waals surface area contributed by atoms with Gasteiger partial charge in [-0.3, -0.25) is 9.13 Å². The number of hydrogen-bond donors (Lipinski definition) is 1. The summed E-state index contributed by atoms with van der Waals surface area (Å²) in [6.07, 6.45) is 2.72. The Kier molecular flexibility index (Phi) is 5.11. The summed E-state index contributed by atoms with van der Waals surface area (Å²) in [4.78, 5) is 29.7. The molecule has 5 rings (SSSR count). The number of imidazole rings is 1. The van der Waals surface area contributed by atoms with Crippen molar-refractivity contribution in [1.82, 2.24) is 19.4 Å². The zero-order chi connectivity index (χ0) is 22.2. The van der Waals surface area contributed by atoms with Crippen LogP contribution in [0.2, 0.25) is 0 Å². The molecule has 0 saturated carbocycles. The van der Waals surface area contributed by atoms with Crippen LogP contribution in [0.25, 0.3) is 28.0 Å². The van der Waals surface area contributed by atoms with E-state index in [1.54, 1.807) is 16.7 Å². The zero-order valence-electron chi connectivity index (χ0n) is 18.0. The number of hydrogen-bond acceptors (Lipinski definition) is 5. The number of benzene rings is 2. The van der Waals surface area contributed by atoms with E-state index in [4.69, 9.17) is 4.74 Å². The van der Waals surface area contributed by atoms with E-state index in [9.17, 15) is 9.59 Å². The molecule has 4 aromatic rings. The Bertz CT molecular complexity index is 1350. The van der Waals surface area contributed by atoms with Crippen LogP contribution in [-0.2, 0) is 4.74 Å². The fraction of sp³-hybridized carbons (Fsp3) is 0.240. The van der Waals surface area contributed by atoms with Crippen molar-refractivity contribution in [3.63, 3.8) is 0 Å². The molecule has 1 saturated heterocycles. The lowest BCUT2D eigenvalue weighted by atomic mass is 10.0. The van der Waals surface area contributed by atoms with E-state index < -0.39 is 0 Å². The predicted octanol–water partition coefficient (Wildman–Crippen LogP) is 3.48. The maximum Gasteiger partial charge on any atom is 0.337 e. The number of carbonyl (C=O) groups is 1. The molecular weight excluding hydrogens is 404 g/mol. The molecule has 0 aliphatic carbocycles. The van der Waals surface area contributed by atoms with E-state index in [0.717, 1.165) is 53.1 Å². The van der Waals surface area contributed by atoms with Crippen molar-refractivity contribution in [2.45, 2.75) is 19.4 Å². The van der Waals surface area contributed by atoms with Gasteiger partial charge in [-0.15, -0.1) is 0 Å². The van der Waals surface area contributed by atoms with Gasteiger partial charge in [-0.2, -0.15) is 0 Å². The summed E-state index contributed by atoms with van der Waals surface area (Å²) >= 11 is 0. The lowest BCUT2D eigenvalue weighted by Crippen LogP contribution is -2.28. The minimum atomic E-state index is -0.357. The van der Waals surface area contributed by atoms with Crippen molar-refractivity contribution in [3.05, 3.63) is 82.4 Å². The molecule has 2 aromatic carbocycles. The normalized spacial score (nSPS) is 15.9. The van der Waals surface area contributed by atoms with Gasteiger partial charge in [0.25, 0.3) is 0 Å². The maximum absolute atomic E-state index is 13.5. The van der Waals surface area contributed by atoms with Crippen LogP contribution in [0.15, 0.2) is 65.6 Å². The monoisotopic (exact) mass is 428 g/mol. The summed E-state index contributed by atoms with van der Waals surface area (Å²) in [5.74, 6) is -0.357. The third-order valence-corrected chi connectivity index (χ3v) is 6.01. The van der Waals surface area contributed by atoms with Gasteiger partial charge in [0.15, 0.2) is 5.65 Å². The first kappa shape index (κ1) is 20.2. The lowest BCUT2D eigenvalue weighted by Gasteiger charge is -2.09. The molecule has 0 unspecified atom stereocenters.